The average molecular weight is 531 g/mol. The van der Waals surface area contributed by atoms with Crippen molar-refractivity contribution in [1.82, 2.24) is 10.3 Å². The quantitative estimate of drug-likeness (QED) is 0.0601. The first-order valence-electron chi connectivity index (χ1n) is 12.8. The van der Waals surface area contributed by atoms with Crippen LogP contribution in [0.25, 0.3) is 11.3 Å². The highest BCUT2D eigenvalue weighted by Crippen LogP contribution is 2.30. The molecule has 3 aromatic carbocycles. The van der Waals surface area contributed by atoms with E-state index in [2.05, 4.69) is 41.7 Å². The molecule has 0 bridgehead atoms. The molecule has 0 fully saturated rings. The molecule has 4 N–H and O–H groups in total. The van der Waals surface area contributed by atoms with Crippen molar-refractivity contribution in [3.63, 3.8) is 0 Å². The van der Waals surface area contributed by atoms with Gasteiger partial charge >= 0.3 is 0 Å². The lowest BCUT2D eigenvalue weighted by molar-refractivity contribution is -0.00211. The monoisotopic (exact) mass is 530 g/mol. The van der Waals surface area contributed by atoms with Crippen LogP contribution >= 0.6 is 11.3 Å². The SMILES string of the molecule is CCCCC(Oc1ccc(C(N)=NO)cc1)Oc1ccc(-c2nc(C)sc2CNCc2ccccc2)cc1. The Bertz CT molecular complexity index is 1310. The normalized spacial score (nSPS) is 12.3. The molecule has 0 aliphatic carbocycles. The van der Waals surface area contributed by atoms with Gasteiger partial charge in [-0.3, -0.25) is 0 Å². The van der Waals surface area contributed by atoms with Gasteiger partial charge in [-0.15, -0.1) is 11.3 Å². The number of unbranched alkanes of at least 4 members (excludes halogenated alkanes) is 1. The molecule has 0 spiro atoms. The van der Waals surface area contributed by atoms with Gasteiger partial charge in [-0.25, -0.2) is 4.98 Å². The number of aryl methyl sites for hydroxylation is 1. The van der Waals surface area contributed by atoms with Crippen LogP contribution in [0.2, 0.25) is 0 Å². The number of oxime groups is 1. The molecule has 0 aliphatic rings. The van der Waals surface area contributed by atoms with E-state index >= 15 is 0 Å². The summed E-state index contributed by atoms with van der Waals surface area (Å²) in [5.41, 5.74) is 9.59. The highest BCUT2D eigenvalue weighted by atomic mass is 32.1. The first-order valence-corrected chi connectivity index (χ1v) is 13.6. The fourth-order valence-electron chi connectivity index (χ4n) is 4.00. The Morgan fingerprint density at radius 3 is 2.26 bits per heavy atom. The standard InChI is InChI=1S/C30H34N4O3S/c1-3-4-10-28(37-26-17-13-24(14-18-26)30(31)34-35)36-25-15-11-23(12-16-25)29-27(38-21(2)33-29)20-32-19-22-8-6-5-7-9-22/h5-9,11-18,28,32,35H,3-4,10,19-20H2,1-2H3,(H2,31,34). The lowest BCUT2D eigenvalue weighted by atomic mass is 10.1. The van der Waals surface area contributed by atoms with Crippen LogP contribution in [0.15, 0.2) is 84.0 Å². The van der Waals surface area contributed by atoms with Crippen LogP contribution in [0.4, 0.5) is 0 Å². The molecule has 8 heteroatoms. The van der Waals surface area contributed by atoms with E-state index in [1.807, 2.05) is 37.3 Å². The van der Waals surface area contributed by atoms with Crippen molar-refractivity contribution in [2.45, 2.75) is 52.5 Å². The zero-order valence-electron chi connectivity index (χ0n) is 21.8. The van der Waals surface area contributed by atoms with Gasteiger partial charge in [-0.1, -0.05) is 48.8 Å². The van der Waals surface area contributed by atoms with Crippen LogP contribution in [0.3, 0.4) is 0 Å². The van der Waals surface area contributed by atoms with Gasteiger partial charge in [0.05, 0.1) is 10.7 Å². The average Bonchev–Trinajstić information content (AvgIpc) is 3.32. The summed E-state index contributed by atoms with van der Waals surface area (Å²) in [4.78, 5) is 6.01. The number of amidine groups is 1. The van der Waals surface area contributed by atoms with Crippen molar-refractivity contribution in [3.8, 4) is 22.8 Å². The Morgan fingerprint density at radius 2 is 1.63 bits per heavy atom. The van der Waals surface area contributed by atoms with Gasteiger partial charge in [-0.2, -0.15) is 0 Å². The minimum atomic E-state index is -0.435. The number of nitrogens with one attached hydrogen (secondary N) is 1. The van der Waals surface area contributed by atoms with Crippen molar-refractivity contribution in [2.75, 3.05) is 0 Å². The number of nitrogens with zero attached hydrogens (tertiary/aromatic N) is 2. The number of hydrogen-bond donors (Lipinski definition) is 3. The van der Waals surface area contributed by atoms with Crippen molar-refractivity contribution in [3.05, 3.63) is 99.9 Å². The van der Waals surface area contributed by atoms with Gasteiger partial charge in [0.1, 0.15) is 11.5 Å². The number of aromatic nitrogens is 1. The second-order valence-corrected chi connectivity index (χ2v) is 10.2. The second kappa shape index (κ2) is 13.6. The first-order chi connectivity index (χ1) is 18.6. The summed E-state index contributed by atoms with van der Waals surface area (Å²) in [6.45, 7) is 5.75. The Hall–Kier alpha value is -3.88. The Balaban J connectivity index is 1.41. The molecule has 7 nitrogen and oxygen atoms in total. The first kappa shape index (κ1) is 27.2. The van der Waals surface area contributed by atoms with Gasteiger partial charge in [0.2, 0.25) is 6.29 Å². The Labute approximate surface area is 228 Å². The largest absolute Gasteiger partial charge is 0.455 e. The smallest absolute Gasteiger partial charge is 0.241 e. The molecule has 4 rings (SSSR count). The molecule has 0 saturated heterocycles. The number of thiazole rings is 1. The van der Waals surface area contributed by atoms with Crippen LogP contribution in [0.5, 0.6) is 11.5 Å². The van der Waals surface area contributed by atoms with E-state index in [1.165, 1.54) is 10.4 Å². The van der Waals surface area contributed by atoms with E-state index < -0.39 is 6.29 Å². The maximum absolute atomic E-state index is 8.86. The molecular formula is C30H34N4O3S. The van der Waals surface area contributed by atoms with E-state index in [9.17, 15) is 0 Å². The summed E-state index contributed by atoms with van der Waals surface area (Å²) in [6, 6.07) is 25.5. The summed E-state index contributed by atoms with van der Waals surface area (Å²) in [5, 5.41) is 16.5. The summed E-state index contributed by atoms with van der Waals surface area (Å²) >= 11 is 1.72. The van der Waals surface area contributed by atoms with Crippen molar-refractivity contribution in [2.24, 2.45) is 10.9 Å². The molecule has 0 amide bonds. The van der Waals surface area contributed by atoms with E-state index in [1.54, 1.807) is 35.6 Å². The third-order valence-electron chi connectivity index (χ3n) is 5.98. The van der Waals surface area contributed by atoms with Gasteiger partial charge in [-0.05, 0) is 67.4 Å². The van der Waals surface area contributed by atoms with E-state index in [0.29, 0.717) is 11.3 Å². The van der Waals surface area contributed by atoms with Gasteiger partial charge < -0.3 is 25.7 Å². The molecule has 1 heterocycles. The molecule has 4 aromatic rings. The number of rotatable bonds is 13. The van der Waals surface area contributed by atoms with E-state index in [0.717, 1.165) is 54.4 Å². The molecule has 0 aliphatic heterocycles. The number of benzene rings is 3. The summed E-state index contributed by atoms with van der Waals surface area (Å²) in [5.74, 6) is 1.45. The third-order valence-corrected chi connectivity index (χ3v) is 6.95. The zero-order chi connectivity index (χ0) is 26.7. The zero-order valence-corrected chi connectivity index (χ0v) is 22.6. The lowest BCUT2D eigenvalue weighted by Crippen LogP contribution is -2.24. The Morgan fingerprint density at radius 1 is 0.974 bits per heavy atom. The number of hydrogen-bond acceptors (Lipinski definition) is 7. The number of ether oxygens (including phenoxy) is 2. The lowest BCUT2D eigenvalue weighted by Gasteiger charge is -2.21. The Kier molecular flexibility index (Phi) is 9.72. The topological polar surface area (TPSA) is 102 Å². The molecule has 38 heavy (non-hydrogen) atoms. The molecular weight excluding hydrogens is 496 g/mol. The minimum Gasteiger partial charge on any atom is -0.455 e. The van der Waals surface area contributed by atoms with Crippen LogP contribution in [-0.2, 0) is 13.1 Å². The summed E-state index contributed by atoms with van der Waals surface area (Å²) in [6.07, 6.45) is 2.33. The molecule has 0 saturated carbocycles. The summed E-state index contributed by atoms with van der Waals surface area (Å²) in [7, 11) is 0. The molecule has 1 unspecified atom stereocenters. The maximum atomic E-state index is 8.86. The predicted molar refractivity (Wildman–Crippen MR) is 153 cm³/mol. The number of nitrogens with two attached hydrogens (primary N) is 1. The van der Waals surface area contributed by atoms with Crippen molar-refractivity contribution >= 4 is 17.2 Å². The van der Waals surface area contributed by atoms with E-state index in [4.69, 9.17) is 25.4 Å². The van der Waals surface area contributed by atoms with Gasteiger partial charge in [0, 0.05) is 35.5 Å². The molecule has 198 valence electrons. The van der Waals surface area contributed by atoms with E-state index in [-0.39, 0.29) is 5.84 Å². The molecule has 0 radical (unpaired) electrons. The fraction of sp³-hybridized carbons (Fsp3) is 0.267. The minimum absolute atomic E-state index is 0.0564. The highest BCUT2D eigenvalue weighted by Gasteiger charge is 2.15. The van der Waals surface area contributed by atoms with Crippen LogP contribution in [0.1, 0.15) is 47.2 Å². The van der Waals surface area contributed by atoms with Crippen LogP contribution in [0, 0.1) is 6.92 Å². The van der Waals surface area contributed by atoms with Crippen molar-refractivity contribution < 1.29 is 14.7 Å². The fourth-order valence-corrected chi connectivity index (χ4v) is 4.93. The second-order valence-electron chi connectivity index (χ2n) is 8.94. The predicted octanol–water partition coefficient (Wildman–Crippen LogP) is 6.48. The van der Waals surface area contributed by atoms with Crippen LogP contribution < -0.4 is 20.5 Å². The maximum Gasteiger partial charge on any atom is 0.241 e. The van der Waals surface area contributed by atoms with Crippen LogP contribution in [-0.4, -0.2) is 22.3 Å². The van der Waals surface area contributed by atoms with Gasteiger partial charge in [0.25, 0.3) is 0 Å². The molecule has 1 atom stereocenters. The molecule has 1 aromatic heterocycles. The highest BCUT2D eigenvalue weighted by molar-refractivity contribution is 7.12. The summed E-state index contributed by atoms with van der Waals surface area (Å²) < 4.78 is 12.3. The van der Waals surface area contributed by atoms with Gasteiger partial charge in [0.15, 0.2) is 5.84 Å². The van der Waals surface area contributed by atoms with Crippen molar-refractivity contribution in [1.29, 1.82) is 0 Å². The third kappa shape index (κ3) is 7.57.